The number of hydroxylamine groups is 1. The topological polar surface area (TPSA) is 151 Å². The van der Waals surface area contributed by atoms with Gasteiger partial charge < -0.3 is 20.2 Å². The number of amides is 2. The van der Waals surface area contributed by atoms with E-state index < -0.39 is 29.2 Å². The van der Waals surface area contributed by atoms with Gasteiger partial charge in [0.15, 0.2) is 0 Å². The second-order valence-electron chi connectivity index (χ2n) is 3.63. The molecule has 1 aromatic rings. The van der Waals surface area contributed by atoms with Crippen molar-refractivity contribution in [3.05, 3.63) is 15.9 Å². The Kier molecular flexibility index (Phi) is 6.16. The van der Waals surface area contributed by atoms with Crippen LogP contribution in [0.25, 0.3) is 0 Å². The Morgan fingerprint density at radius 2 is 2.14 bits per heavy atom. The zero-order valence-corrected chi connectivity index (χ0v) is 11.4. The summed E-state index contributed by atoms with van der Waals surface area (Å²) in [4.78, 5) is 40.9. The Balaban J connectivity index is 2.91. The molecule has 0 atom stereocenters. The van der Waals surface area contributed by atoms with Gasteiger partial charge in [0.2, 0.25) is 0 Å². The second-order valence-corrected chi connectivity index (χ2v) is 3.63. The molecule has 12 heteroatoms. The molecule has 1 heterocycles. The zero-order chi connectivity index (χ0) is 15.8. The van der Waals surface area contributed by atoms with E-state index >= 15 is 0 Å². The first-order valence-electron chi connectivity index (χ1n) is 5.67. The minimum atomic E-state index is -0.864. The van der Waals surface area contributed by atoms with Crippen LogP contribution >= 0.6 is 0 Å². The van der Waals surface area contributed by atoms with E-state index in [1.807, 2.05) is 5.48 Å². The van der Waals surface area contributed by atoms with Crippen LogP contribution in [-0.4, -0.2) is 58.9 Å². The molecular formula is C9H14N6O6. The second kappa shape index (κ2) is 7.86. The third-order valence-electron chi connectivity index (χ3n) is 2.13. The lowest BCUT2D eigenvalue weighted by Gasteiger charge is -2.03. The first kappa shape index (κ1) is 16.5. The first-order chi connectivity index (χ1) is 9.99. The van der Waals surface area contributed by atoms with Crippen molar-refractivity contribution < 1.29 is 24.1 Å². The summed E-state index contributed by atoms with van der Waals surface area (Å²) in [6.07, 6.45) is 0. The van der Waals surface area contributed by atoms with Gasteiger partial charge in [0.25, 0.3) is 5.91 Å². The Labute approximate surface area is 118 Å². The molecule has 0 spiro atoms. The molecule has 116 valence electrons. The summed E-state index contributed by atoms with van der Waals surface area (Å²) in [7, 11) is 2.68. The minimum Gasteiger partial charge on any atom is -0.390 e. The van der Waals surface area contributed by atoms with Crippen LogP contribution in [0.3, 0.4) is 0 Å². The number of hydrogen-bond donors (Lipinski definition) is 2. The van der Waals surface area contributed by atoms with Gasteiger partial charge in [0.05, 0.1) is 13.7 Å². The van der Waals surface area contributed by atoms with Crippen molar-refractivity contribution in [1.29, 1.82) is 0 Å². The summed E-state index contributed by atoms with van der Waals surface area (Å²) in [5, 5.41) is 16.6. The lowest BCUT2D eigenvalue weighted by molar-refractivity contribution is -0.394. The van der Waals surface area contributed by atoms with E-state index in [9.17, 15) is 19.7 Å². The summed E-state index contributed by atoms with van der Waals surface area (Å²) in [5.74, 6) is -2.50. The number of rotatable bonds is 8. The fourth-order valence-electron chi connectivity index (χ4n) is 1.31. The Hall–Kier alpha value is -2.60. The summed E-state index contributed by atoms with van der Waals surface area (Å²) in [5.41, 5.74) is 2.00. The third-order valence-corrected chi connectivity index (χ3v) is 2.13. The summed E-state index contributed by atoms with van der Waals surface area (Å²) in [6, 6.07) is 0. The molecule has 0 aliphatic heterocycles. The molecule has 0 fully saturated rings. The van der Waals surface area contributed by atoms with E-state index in [2.05, 4.69) is 20.2 Å². The molecule has 0 saturated heterocycles. The highest BCUT2D eigenvalue weighted by Crippen LogP contribution is 2.06. The van der Waals surface area contributed by atoms with Crippen molar-refractivity contribution in [2.24, 2.45) is 0 Å². The lowest BCUT2D eigenvalue weighted by Crippen LogP contribution is -2.33. The highest BCUT2D eigenvalue weighted by Gasteiger charge is 2.28. The van der Waals surface area contributed by atoms with Crippen molar-refractivity contribution in [2.45, 2.75) is 6.54 Å². The molecule has 21 heavy (non-hydrogen) atoms. The summed E-state index contributed by atoms with van der Waals surface area (Å²) >= 11 is 0. The molecule has 12 nitrogen and oxygen atoms in total. The highest BCUT2D eigenvalue weighted by atomic mass is 16.6. The molecule has 0 unspecified atom stereocenters. The van der Waals surface area contributed by atoms with Crippen LogP contribution in [-0.2, 0) is 20.9 Å². The van der Waals surface area contributed by atoms with E-state index in [1.54, 1.807) is 0 Å². The molecule has 2 N–H and O–H groups in total. The molecule has 1 aromatic heterocycles. The zero-order valence-electron chi connectivity index (χ0n) is 11.4. The minimum absolute atomic E-state index is 0.181. The molecule has 0 saturated carbocycles. The van der Waals surface area contributed by atoms with Crippen molar-refractivity contribution >= 4 is 17.8 Å². The average Bonchev–Trinajstić information content (AvgIpc) is 2.83. The molecule has 0 aliphatic carbocycles. The molecule has 0 aliphatic rings. The number of nitrogens with zero attached hydrogens (tertiary/aromatic N) is 4. The summed E-state index contributed by atoms with van der Waals surface area (Å²) < 4.78 is 5.57. The van der Waals surface area contributed by atoms with Crippen molar-refractivity contribution in [1.82, 2.24) is 25.6 Å². The van der Waals surface area contributed by atoms with Gasteiger partial charge in [-0.15, -0.1) is 0 Å². The van der Waals surface area contributed by atoms with Crippen molar-refractivity contribution in [3.63, 3.8) is 0 Å². The predicted molar refractivity (Wildman–Crippen MR) is 66.0 cm³/mol. The third kappa shape index (κ3) is 4.77. The number of carbonyl (C=O) groups excluding carboxylic acids is 2. The maximum absolute atomic E-state index is 11.8. The fourth-order valence-corrected chi connectivity index (χ4v) is 1.31. The van der Waals surface area contributed by atoms with Crippen LogP contribution < -0.4 is 10.8 Å². The van der Waals surface area contributed by atoms with Gasteiger partial charge in [-0.2, -0.15) is 4.68 Å². The number of hydrogen-bond acceptors (Lipinski definition) is 8. The highest BCUT2D eigenvalue weighted by molar-refractivity contribution is 5.91. The molecule has 2 amide bonds. The number of ether oxygens (including phenoxy) is 1. The number of carbonyl (C=O) groups is 2. The van der Waals surface area contributed by atoms with Crippen LogP contribution in [0, 0.1) is 10.1 Å². The van der Waals surface area contributed by atoms with Gasteiger partial charge in [-0.05, 0) is 9.91 Å². The first-order valence-corrected chi connectivity index (χ1v) is 5.67. The maximum atomic E-state index is 11.8. The molecular weight excluding hydrogens is 288 g/mol. The predicted octanol–water partition coefficient (Wildman–Crippen LogP) is -1.76. The van der Waals surface area contributed by atoms with E-state index in [4.69, 9.17) is 4.74 Å². The van der Waals surface area contributed by atoms with Gasteiger partial charge in [-0.3, -0.25) is 14.4 Å². The average molecular weight is 302 g/mol. The normalized spacial score (nSPS) is 10.2. The molecule has 1 rings (SSSR count). The fraction of sp³-hybridized carbons (Fsp3) is 0.556. The van der Waals surface area contributed by atoms with Crippen molar-refractivity contribution in [3.8, 4) is 0 Å². The van der Waals surface area contributed by atoms with Crippen LogP contribution in [0.1, 0.15) is 10.6 Å². The monoisotopic (exact) mass is 302 g/mol. The van der Waals surface area contributed by atoms with Crippen LogP contribution in [0.5, 0.6) is 0 Å². The smallest absolute Gasteiger partial charge is 0.390 e. The Morgan fingerprint density at radius 1 is 1.43 bits per heavy atom. The largest absolute Gasteiger partial charge is 0.491 e. The standard InChI is InChI=1S/C9H14N6O6/c1-20-4-3-10-8(17)7-11-9(15(18)19)12-14(7)5-6(16)13-21-2/h3-5H2,1-2H3,(H,10,17)(H,13,16). The van der Waals surface area contributed by atoms with E-state index in [0.717, 1.165) is 4.68 Å². The van der Waals surface area contributed by atoms with Crippen LogP contribution in [0.15, 0.2) is 0 Å². The molecule has 0 bridgehead atoms. The van der Waals surface area contributed by atoms with Crippen LogP contribution in [0.4, 0.5) is 5.95 Å². The van der Waals surface area contributed by atoms with Gasteiger partial charge in [0, 0.05) is 18.8 Å². The molecule has 0 radical (unpaired) electrons. The SMILES string of the molecule is COCCNC(=O)c1nc([N+](=O)[O-])nn1CC(=O)NOC. The maximum Gasteiger partial charge on any atom is 0.491 e. The number of methoxy groups -OCH3 is 1. The number of nitrogens with one attached hydrogen (secondary N) is 2. The Bertz CT molecular complexity index is 529. The van der Waals surface area contributed by atoms with Crippen LogP contribution in [0.2, 0.25) is 0 Å². The number of nitro groups is 1. The number of aromatic nitrogens is 3. The van der Waals surface area contributed by atoms with Gasteiger partial charge in [-0.25, -0.2) is 5.48 Å². The Morgan fingerprint density at radius 3 is 2.71 bits per heavy atom. The van der Waals surface area contributed by atoms with E-state index in [-0.39, 0.29) is 19.0 Å². The summed E-state index contributed by atoms with van der Waals surface area (Å²) in [6.45, 7) is -0.0197. The van der Waals surface area contributed by atoms with E-state index in [1.165, 1.54) is 14.2 Å². The van der Waals surface area contributed by atoms with Crippen molar-refractivity contribution in [2.75, 3.05) is 27.4 Å². The quantitative estimate of drug-likeness (QED) is 0.325. The lowest BCUT2D eigenvalue weighted by atomic mass is 10.5. The van der Waals surface area contributed by atoms with Gasteiger partial charge in [-0.1, -0.05) is 0 Å². The van der Waals surface area contributed by atoms with Gasteiger partial charge in [0.1, 0.15) is 6.54 Å². The van der Waals surface area contributed by atoms with Gasteiger partial charge >= 0.3 is 17.7 Å². The van der Waals surface area contributed by atoms with E-state index in [0.29, 0.717) is 0 Å². The molecule has 0 aromatic carbocycles.